The van der Waals surface area contributed by atoms with Crippen molar-refractivity contribution in [2.75, 3.05) is 21.3 Å². The van der Waals surface area contributed by atoms with E-state index < -0.39 is 11.8 Å². The topological polar surface area (TPSA) is 54.0 Å². The zero-order valence-electron chi connectivity index (χ0n) is 13.1. The Labute approximate surface area is 133 Å². The molecule has 0 aromatic heterocycles. The van der Waals surface area contributed by atoms with E-state index in [1.165, 1.54) is 33.5 Å². The van der Waals surface area contributed by atoms with E-state index in [1.807, 2.05) is 0 Å². The van der Waals surface area contributed by atoms with E-state index in [0.29, 0.717) is 11.3 Å². The highest BCUT2D eigenvalue weighted by molar-refractivity contribution is 5.94. The molecule has 23 heavy (non-hydrogen) atoms. The number of rotatable bonds is 6. The van der Waals surface area contributed by atoms with Crippen molar-refractivity contribution in [3.63, 3.8) is 0 Å². The largest absolute Gasteiger partial charge is 0.493 e. The summed E-state index contributed by atoms with van der Waals surface area (Å²) in [6, 6.07) is 9.17. The predicted molar refractivity (Wildman–Crippen MR) is 81.6 cm³/mol. The highest BCUT2D eigenvalue weighted by Crippen LogP contribution is 2.40. The van der Waals surface area contributed by atoms with Crippen molar-refractivity contribution in [3.05, 3.63) is 53.3 Å². The number of hydrogen-bond acceptors (Lipinski definition) is 5. The number of carbonyl (C=O) groups is 1. The zero-order chi connectivity index (χ0) is 16.8. The molecule has 0 fully saturated rings. The number of halogens is 1. The fraction of sp³-hybridized carbons (Fsp3) is 0.235. The quantitative estimate of drug-likeness (QED) is 0.765. The van der Waals surface area contributed by atoms with Crippen LogP contribution in [-0.4, -0.2) is 27.3 Å². The van der Waals surface area contributed by atoms with Gasteiger partial charge >= 0.3 is 5.97 Å². The number of methoxy groups -OCH3 is 3. The van der Waals surface area contributed by atoms with Crippen molar-refractivity contribution in [1.82, 2.24) is 0 Å². The minimum atomic E-state index is -0.647. The molecule has 2 aromatic rings. The van der Waals surface area contributed by atoms with Crippen molar-refractivity contribution in [2.45, 2.75) is 6.61 Å². The molecule has 0 saturated heterocycles. The number of hydrogen-bond donors (Lipinski definition) is 0. The molecule has 0 heterocycles. The van der Waals surface area contributed by atoms with Gasteiger partial charge in [0.05, 0.1) is 21.3 Å². The van der Waals surface area contributed by atoms with Crippen LogP contribution in [0.2, 0.25) is 0 Å². The molecule has 0 amide bonds. The second-order valence-corrected chi connectivity index (χ2v) is 4.55. The summed E-state index contributed by atoms with van der Waals surface area (Å²) in [5.41, 5.74) is 0.460. The molecule has 0 aliphatic rings. The van der Waals surface area contributed by atoms with Crippen LogP contribution in [-0.2, 0) is 11.3 Å². The fourth-order valence-corrected chi connectivity index (χ4v) is 2.10. The summed E-state index contributed by atoms with van der Waals surface area (Å²) < 4.78 is 34.3. The van der Waals surface area contributed by atoms with E-state index in [0.717, 1.165) is 0 Å². The lowest BCUT2D eigenvalue weighted by atomic mass is 10.1. The van der Waals surface area contributed by atoms with Gasteiger partial charge in [0.1, 0.15) is 18.0 Å². The molecule has 0 spiro atoms. The Hall–Kier alpha value is -2.76. The van der Waals surface area contributed by atoms with Crippen molar-refractivity contribution >= 4 is 5.97 Å². The second kappa shape index (κ2) is 7.49. The maximum atomic E-state index is 13.6. The van der Waals surface area contributed by atoms with Gasteiger partial charge in [0.2, 0.25) is 5.75 Å². The Kier molecular flexibility index (Phi) is 5.41. The van der Waals surface area contributed by atoms with Crippen LogP contribution in [0, 0.1) is 5.82 Å². The van der Waals surface area contributed by atoms with Crippen LogP contribution in [0.4, 0.5) is 4.39 Å². The van der Waals surface area contributed by atoms with Crippen LogP contribution >= 0.6 is 0 Å². The Bertz CT molecular complexity index is 699. The molecule has 6 heteroatoms. The summed E-state index contributed by atoms with van der Waals surface area (Å²) in [6.07, 6.45) is 0. The Balaban J connectivity index is 2.24. The monoisotopic (exact) mass is 320 g/mol. The minimum Gasteiger partial charge on any atom is -0.493 e. The van der Waals surface area contributed by atoms with Gasteiger partial charge in [0, 0.05) is 5.56 Å². The molecule has 0 bridgehead atoms. The van der Waals surface area contributed by atoms with Gasteiger partial charge in [-0.05, 0) is 18.2 Å². The number of benzene rings is 2. The summed E-state index contributed by atoms with van der Waals surface area (Å²) in [6.45, 7) is -0.178. The smallest absolute Gasteiger partial charge is 0.342 e. The van der Waals surface area contributed by atoms with E-state index in [1.54, 1.807) is 24.3 Å². The summed E-state index contributed by atoms with van der Waals surface area (Å²) in [7, 11) is 4.33. The summed E-state index contributed by atoms with van der Waals surface area (Å²) in [5.74, 6) is -0.165. The van der Waals surface area contributed by atoms with Gasteiger partial charge in [-0.25, -0.2) is 9.18 Å². The first-order valence-corrected chi connectivity index (χ1v) is 6.81. The molecule has 0 N–H and O–H groups in total. The second-order valence-electron chi connectivity index (χ2n) is 4.55. The van der Waals surface area contributed by atoms with Crippen molar-refractivity contribution < 1.29 is 28.1 Å². The van der Waals surface area contributed by atoms with E-state index in [-0.39, 0.29) is 23.7 Å². The van der Waals surface area contributed by atoms with Crippen LogP contribution in [0.1, 0.15) is 15.9 Å². The van der Waals surface area contributed by atoms with Gasteiger partial charge < -0.3 is 18.9 Å². The SMILES string of the molecule is COc1ccc(C(=O)OCc2ccccc2F)c(OC)c1OC. The van der Waals surface area contributed by atoms with Gasteiger partial charge in [-0.3, -0.25) is 0 Å². The van der Waals surface area contributed by atoms with Crippen LogP contribution in [0.3, 0.4) is 0 Å². The van der Waals surface area contributed by atoms with Crippen molar-refractivity contribution in [2.24, 2.45) is 0 Å². The first kappa shape index (κ1) is 16.6. The lowest BCUT2D eigenvalue weighted by Crippen LogP contribution is -2.09. The molecule has 0 unspecified atom stereocenters. The summed E-state index contributed by atoms with van der Waals surface area (Å²) in [4.78, 5) is 12.3. The highest BCUT2D eigenvalue weighted by Gasteiger charge is 2.22. The van der Waals surface area contributed by atoms with Gasteiger partial charge in [-0.1, -0.05) is 18.2 Å². The number of carbonyl (C=O) groups excluding carboxylic acids is 1. The molecule has 0 radical (unpaired) electrons. The Morgan fingerprint density at radius 3 is 2.26 bits per heavy atom. The Morgan fingerprint density at radius 2 is 1.65 bits per heavy atom. The summed E-state index contributed by atoms with van der Waals surface area (Å²) >= 11 is 0. The maximum Gasteiger partial charge on any atom is 0.342 e. The molecule has 0 saturated carbocycles. The summed E-state index contributed by atoms with van der Waals surface area (Å²) in [5, 5.41) is 0. The lowest BCUT2D eigenvalue weighted by Gasteiger charge is -2.15. The van der Waals surface area contributed by atoms with E-state index in [9.17, 15) is 9.18 Å². The lowest BCUT2D eigenvalue weighted by molar-refractivity contribution is 0.0464. The zero-order valence-corrected chi connectivity index (χ0v) is 13.1. The van der Waals surface area contributed by atoms with Crippen LogP contribution < -0.4 is 14.2 Å². The molecule has 122 valence electrons. The first-order chi connectivity index (χ1) is 11.1. The molecule has 5 nitrogen and oxygen atoms in total. The highest BCUT2D eigenvalue weighted by atomic mass is 19.1. The average molecular weight is 320 g/mol. The molecule has 0 aliphatic heterocycles. The van der Waals surface area contributed by atoms with E-state index in [2.05, 4.69) is 0 Å². The number of esters is 1. The molecular formula is C17H17FO5. The molecular weight excluding hydrogens is 303 g/mol. The fourth-order valence-electron chi connectivity index (χ4n) is 2.10. The third kappa shape index (κ3) is 3.53. The van der Waals surface area contributed by atoms with Gasteiger partial charge in [-0.2, -0.15) is 0 Å². The van der Waals surface area contributed by atoms with Crippen LogP contribution in [0.15, 0.2) is 36.4 Å². The molecule has 2 rings (SSSR count). The molecule has 0 aliphatic carbocycles. The number of ether oxygens (including phenoxy) is 4. The standard InChI is InChI=1S/C17H17FO5/c1-20-14-9-8-12(15(21-2)16(14)22-3)17(19)23-10-11-6-4-5-7-13(11)18/h4-9H,10H2,1-3H3. The normalized spacial score (nSPS) is 10.1. The van der Waals surface area contributed by atoms with Crippen molar-refractivity contribution in [1.29, 1.82) is 0 Å². The molecule has 2 aromatic carbocycles. The van der Waals surface area contributed by atoms with Crippen LogP contribution in [0.5, 0.6) is 17.2 Å². The molecule has 0 atom stereocenters. The van der Waals surface area contributed by atoms with Gasteiger partial charge in [0.15, 0.2) is 11.5 Å². The Morgan fingerprint density at radius 1 is 0.957 bits per heavy atom. The average Bonchev–Trinajstić information content (AvgIpc) is 2.59. The third-order valence-electron chi connectivity index (χ3n) is 3.24. The first-order valence-electron chi connectivity index (χ1n) is 6.81. The van der Waals surface area contributed by atoms with Gasteiger partial charge in [0.25, 0.3) is 0 Å². The minimum absolute atomic E-state index is 0.168. The van der Waals surface area contributed by atoms with E-state index >= 15 is 0 Å². The van der Waals surface area contributed by atoms with Gasteiger partial charge in [-0.15, -0.1) is 0 Å². The third-order valence-corrected chi connectivity index (χ3v) is 3.24. The van der Waals surface area contributed by atoms with E-state index in [4.69, 9.17) is 18.9 Å². The maximum absolute atomic E-state index is 13.6. The predicted octanol–water partition coefficient (Wildman–Crippen LogP) is 3.21. The van der Waals surface area contributed by atoms with Crippen molar-refractivity contribution in [3.8, 4) is 17.2 Å². The van der Waals surface area contributed by atoms with Crippen LogP contribution in [0.25, 0.3) is 0 Å².